The highest BCUT2D eigenvalue weighted by Gasteiger charge is 2.20. The average molecular weight is 272 g/mol. The van der Waals surface area contributed by atoms with Crippen molar-refractivity contribution in [1.29, 1.82) is 0 Å². The predicted octanol–water partition coefficient (Wildman–Crippen LogP) is 4.24. The summed E-state index contributed by atoms with van der Waals surface area (Å²) in [4.78, 5) is 13.6. The van der Waals surface area contributed by atoms with Gasteiger partial charge in [-0.25, -0.2) is 0 Å². The molecule has 0 aliphatic carbocycles. The highest BCUT2D eigenvalue weighted by Crippen LogP contribution is 2.35. The molecule has 0 unspecified atom stereocenters. The topological polar surface area (TPSA) is 20.3 Å². The minimum atomic E-state index is -0.00151. The van der Waals surface area contributed by atoms with Crippen LogP contribution in [0, 0.1) is 0 Å². The van der Waals surface area contributed by atoms with Crippen LogP contribution in [-0.4, -0.2) is 12.3 Å². The van der Waals surface area contributed by atoms with E-state index in [1.54, 1.807) is 6.07 Å². The first kappa shape index (κ1) is 12.2. The van der Waals surface area contributed by atoms with Crippen molar-refractivity contribution < 1.29 is 4.79 Å². The second kappa shape index (κ2) is 4.71. The fraction of sp³-hybridized carbons (Fsp3) is 0.188. The number of ketones is 1. The summed E-state index contributed by atoms with van der Waals surface area (Å²) in [5.41, 5.74) is 4.21. The minimum Gasteiger partial charge on any atom is -0.341 e. The van der Waals surface area contributed by atoms with Crippen LogP contribution in [0.4, 0.5) is 11.4 Å². The van der Waals surface area contributed by atoms with Gasteiger partial charge in [-0.3, -0.25) is 4.79 Å². The number of anilines is 2. The van der Waals surface area contributed by atoms with Gasteiger partial charge in [-0.2, -0.15) is 0 Å². The van der Waals surface area contributed by atoms with Crippen molar-refractivity contribution in [2.75, 3.05) is 11.4 Å². The van der Waals surface area contributed by atoms with Crippen LogP contribution in [0.2, 0.25) is 5.02 Å². The van der Waals surface area contributed by atoms with Gasteiger partial charge in [-0.15, -0.1) is 0 Å². The van der Waals surface area contributed by atoms with E-state index in [1.807, 2.05) is 18.2 Å². The molecule has 3 heteroatoms. The Morgan fingerprint density at radius 2 is 2.00 bits per heavy atom. The lowest BCUT2D eigenvalue weighted by Crippen LogP contribution is -2.13. The second-order valence-corrected chi connectivity index (χ2v) is 5.16. The summed E-state index contributed by atoms with van der Waals surface area (Å²) in [5.74, 6) is -0.00151. The van der Waals surface area contributed by atoms with Gasteiger partial charge in [0.25, 0.3) is 0 Å². The molecule has 0 amide bonds. The monoisotopic (exact) mass is 271 g/mol. The van der Waals surface area contributed by atoms with Crippen molar-refractivity contribution in [3.05, 3.63) is 58.6 Å². The fourth-order valence-corrected chi connectivity index (χ4v) is 2.87. The summed E-state index contributed by atoms with van der Waals surface area (Å²) in [5, 5.41) is 0.523. The maximum atomic E-state index is 11.4. The summed E-state index contributed by atoms with van der Waals surface area (Å²) < 4.78 is 0. The third-order valence-corrected chi connectivity index (χ3v) is 3.84. The number of rotatable bonds is 2. The van der Waals surface area contributed by atoms with Crippen LogP contribution in [0.5, 0.6) is 0 Å². The molecule has 2 aromatic rings. The van der Waals surface area contributed by atoms with E-state index in [9.17, 15) is 4.79 Å². The lowest BCUT2D eigenvalue weighted by molar-refractivity contribution is 0.101. The molecular weight excluding hydrogens is 258 g/mol. The first-order valence-corrected chi connectivity index (χ1v) is 6.70. The van der Waals surface area contributed by atoms with Gasteiger partial charge in [0, 0.05) is 23.5 Å². The molecule has 0 radical (unpaired) electrons. The maximum absolute atomic E-state index is 11.4. The number of halogens is 1. The third kappa shape index (κ3) is 2.13. The van der Waals surface area contributed by atoms with Crippen LogP contribution in [-0.2, 0) is 6.42 Å². The SMILES string of the molecule is CC(=O)c1ccc(N2CCc3ccccc32)cc1Cl. The zero-order chi connectivity index (χ0) is 13.4. The summed E-state index contributed by atoms with van der Waals surface area (Å²) in [6, 6.07) is 14.0. The van der Waals surface area contributed by atoms with E-state index in [4.69, 9.17) is 11.6 Å². The van der Waals surface area contributed by atoms with E-state index in [0.717, 1.165) is 18.7 Å². The second-order valence-electron chi connectivity index (χ2n) is 4.75. The molecule has 0 spiro atoms. The molecule has 3 rings (SSSR count). The van der Waals surface area contributed by atoms with E-state index < -0.39 is 0 Å². The molecule has 1 heterocycles. The largest absolute Gasteiger partial charge is 0.341 e. The molecule has 0 atom stereocenters. The predicted molar refractivity (Wildman–Crippen MR) is 78.6 cm³/mol. The Kier molecular flexibility index (Phi) is 3.03. The van der Waals surface area contributed by atoms with Crippen molar-refractivity contribution in [1.82, 2.24) is 0 Å². The zero-order valence-electron chi connectivity index (χ0n) is 10.7. The smallest absolute Gasteiger partial charge is 0.161 e. The Morgan fingerprint density at radius 3 is 2.74 bits per heavy atom. The number of benzene rings is 2. The number of fused-ring (bicyclic) bond motifs is 1. The number of carbonyl (C=O) groups excluding carboxylic acids is 1. The summed E-state index contributed by atoms with van der Waals surface area (Å²) in [7, 11) is 0. The van der Waals surface area contributed by atoms with Crippen molar-refractivity contribution in [3.63, 3.8) is 0 Å². The Morgan fingerprint density at radius 1 is 1.21 bits per heavy atom. The molecule has 2 aromatic carbocycles. The van der Waals surface area contributed by atoms with Gasteiger partial charge in [-0.1, -0.05) is 29.8 Å². The van der Waals surface area contributed by atoms with Gasteiger partial charge in [0.05, 0.1) is 5.02 Å². The van der Waals surface area contributed by atoms with E-state index in [-0.39, 0.29) is 5.78 Å². The molecule has 0 aromatic heterocycles. The number of hydrogen-bond acceptors (Lipinski definition) is 2. The van der Waals surface area contributed by atoms with E-state index in [0.29, 0.717) is 10.6 Å². The van der Waals surface area contributed by atoms with Crippen LogP contribution in [0.15, 0.2) is 42.5 Å². The quantitative estimate of drug-likeness (QED) is 0.762. The summed E-state index contributed by atoms with van der Waals surface area (Å²) in [6.07, 6.45) is 1.04. The number of Topliss-reactive ketones (excluding diaryl/α,β-unsaturated/α-hetero) is 1. The Bertz CT molecular complexity index is 651. The molecule has 1 aliphatic heterocycles. The lowest BCUT2D eigenvalue weighted by atomic mass is 10.1. The van der Waals surface area contributed by atoms with Gasteiger partial charge < -0.3 is 4.90 Å². The number of carbonyl (C=O) groups is 1. The standard InChI is InChI=1S/C16H14ClNO/c1-11(19)14-7-6-13(10-15(14)17)18-9-8-12-4-2-3-5-16(12)18/h2-7,10H,8-9H2,1H3. The normalized spacial score (nSPS) is 13.5. The van der Waals surface area contributed by atoms with Crippen LogP contribution in [0.1, 0.15) is 22.8 Å². The molecular formula is C16H14ClNO. The Labute approximate surface area is 117 Å². The zero-order valence-corrected chi connectivity index (χ0v) is 11.4. The van der Waals surface area contributed by atoms with Gasteiger partial charge in [0.15, 0.2) is 5.78 Å². The van der Waals surface area contributed by atoms with Crippen molar-refractivity contribution in [2.24, 2.45) is 0 Å². The van der Waals surface area contributed by atoms with Crippen LogP contribution >= 0.6 is 11.6 Å². The lowest BCUT2D eigenvalue weighted by Gasteiger charge is -2.20. The number of para-hydroxylation sites is 1. The molecule has 2 nitrogen and oxygen atoms in total. The van der Waals surface area contributed by atoms with E-state index in [1.165, 1.54) is 18.2 Å². The van der Waals surface area contributed by atoms with Crippen LogP contribution < -0.4 is 4.90 Å². The van der Waals surface area contributed by atoms with Crippen LogP contribution in [0.25, 0.3) is 0 Å². The maximum Gasteiger partial charge on any atom is 0.161 e. The van der Waals surface area contributed by atoms with Gasteiger partial charge in [-0.05, 0) is 43.2 Å². The molecule has 0 N–H and O–H groups in total. The minimum absolute atomic E-state index is 0.00151. The highest BCUT2D eigenvalue weighted by molar-refractivity contribution is 6.34. The average Bonchev–Trinajstić information content (AvgIpc) is 2.82. The van der Waals surface area contributed by atoms with Crippen molar-refractivity contribution >= 4 is 28.8 Å². The number of hydrogen-bond donors (Lipinski definition) is 0. The molecule has 0 saturated heterocycles. The Balaban J connectivity index is 2.01. The third-order valence-electron chi connectivity index (χ3n) is 3.53. The van der Waals surface area contributed by atoms with Crippen molar-refractivity contribution in [2.45, 2.75) is 13.3 Å². The first-order chi connectivity index (χ1) is 9.16. The summed E-state index contributed by atoms with van der Waals surface area (Å²) >= 11 is 6.18. The fourth-order valence-electron chi connectivity index (χ4n) is 2.56. The summed E-state index contributed by atoms with van der Waals surface area (Å²) in [6.45, 7) is 2.49. The van der Waals surface area contributed by atoms with Gasteiger partial charge in [0.2, 0.25) is 0 Å². The van der Waals surface area contributed by atoms with Crippen LogP contribution in [0.3, 0.4) is 0 Å². The molecule has 96 valence electrons. The van der Waals surface area contributed by atoms with Gasteiger partial charge in [0.1, 0.15) is 0 Å². The van der Waals surface area contributed by atoms with E-state index in [2.05, 4.69) is 23.1 Å². The molecule has 19 heavy (non-hydrogen) atoms. The first-order valence-electron chi connectivity index (χ1n) is 6.33. The Hall–Kier alpha value is -1.80. The molecule has 0 bridgehead atoms. The van der Waals surface area contributed by atoms with Gasteiger partial charge >= 0.3 is 0 Å². The van der Waals surface area contributed by atoms with E-state index >= 15 is 0 Å². The number of nitrogens with zero attached hydrogens (tertiary/aromatic N) is 1. The molecule has 1 aliphatic rings. The molecule has 0 saturated carbocycles. The highest BCUT2D eigenvalue weighted by atomic mass is 35.5. The molecule has 0 fully saturated rings. The van der Waals surface area contributed by atoms with Crippen molar-refractivity contribution in [3.8, 4) is 0 Å².